The van der Waals surface area contributed by atoms with Crippen molar-refractivity contribution < 1.29 is 19.1 Å². The minimum atomic E-state index is -1.10. The highest BCUT2D eigenvalue weighted by atomic mass is 16.4. The van der Waals surface area contributed by atoms with E-state index in [9.17, 15) is 14.7 Å². The molecule has 1 unspecified atom stereocenters. The van der Waals surface area contributed by atoms with E-state index in [1.54, 1.807) is 30.7 Å². The van der Waals surface area contributed by atoms with Crippen molar-refractivity contribution in [2.75, 3.05) is 5.32 Å². The molecule has 3 aromatic heterocycles. The molecule has 0 aliphatic rings. The average Bonchev–Trinajstić information content (AvgIpc) is 3.54. The maximum Gasteiger partial charge on any atom is 0.326 e. The maximum atomic E-state index is 13.0. The second-order valence-corrected chi connectivity index (χ2v) is 8.88. The van der Waals surface area contributed by atoms with E-state index in [1.807, 2.05) is 72.8 Å². The van der Waals surface area contributed by atoms with Crippen molar-refractivity contribution >= 4 is 29.0 Å². The highest BCUT2D eigenvalue weighted by Crippen LogP contribution is 2.33. The Kier molecular flexibility index (Phi) is 6.47. The maximum absolute atomic E-state index is 13.0. The van der Waals surface area contributed by atoms with Crippen molar-refractivity contribution in [3.8, 4) is 11.5 Å². The van der Waals surface area contributed by atoms with Gasteiger partial charge in [0.2, 0.25) is 0 Å². The first-order chi connectivity index (χ1) is 17.9. The van der Waals surface area contributed by atoms with Gasteiger partial charge in [-0.1, -0.05) is 48.5 Å². The molecular weight excluding hydrogens is 468 g/mol. The summed E-state index contributed by atoms with van der Waals surface area (Å²) in [7, 11) is 0. The van der Waals surface area contributed by atoms with E-state index in [2.05, 4.69) is 10.6 Å². The van der Waals surface area contributed by atoms with Crippen molar-refractivity contribution in [1.29, 1.82) is 0 Å². The number of hydrogen-bond acceptors (Lipinski definition) is 5. The van der Waals surface area contributed by atoms with E-state index in [4.69, 9.17) is 9.40 Å². The van der Waals surface area contributed by atoms with Crippen LogP contribution in [0.15, 0.2) is 89.7 Å². The molecule has 0 aliphatic heterocycles. The summed E-state index contributed by atoms with van der Waals surface area (Å²) >= 11 is 0. The van der Waals surface area contributed by atoms with Crippen LogP contribution in [0.4, 0.5) is 11.5 Å². The van der Waals surface area contributed by atoms with Crippen molar-refractivity contribution in [3.63, 3.8) is 0 Å². The van der Waals surface area contributed by atoms with Crippen LogP contribution in [0.5, 0.6) is 0 Å². The standard InChI is InChI=1S/C29H26N4O4/c1-18-8-6-9-19(2)25(18)32-27-26(23-12-7-15-37-23)31-24-17-21(13-14-33(24)27)28(34)30-22(29(35)36)16-20-10-4-3-5-11-20/h3-15,17,22,32H,16H2,1-2H3,(H,30,34)(H,35,36). The van der Waals surface area contributed by atoms with E-state index in [0.717, 1.165) is 22.4 Å². The fourth-order valence-electron chi connectivity index (χ4n) is 4.31. The first-order valence-electron chi connectivity index (χ1n) is 11.9. The number of benzene rings is 2. The Morgan fingerprint density at radius 1 is 1.00 bits per heavy atom. The summed E-state index contributed by atoms with van der Waals surface area (Å²) in [6, 6.07) is 21.1. The lowest BCUT2D eigenvalue weighted by molar-refractivity contribution is -0.139. The van der Waals surface area contributed by atoms with Gasteiger partial charge in [0.05, 0.1) is 6.26 Å². The Balaban J connectivity index is 1.49. The first-order valence-corrected chi connectivity index (χ1v) is 11.9. The summed E-state index contributed by atoms with van der Waals surface area (Å²) in [4.78, 5) is 29.6. The molecule has 1 amide bonds. The molecule has 0 saturated heterocycles. The summed E-state index contributed by atoms with van der Waals surface area (Å²) in [5, 5.41) is 15.8. The molecule has 0 fully saturated rings. The third kappa shape index (κ3) is 4.95. The van der Waals surface area contributed by atoms with Gasteiger partial charge in [-0.2, -0.15) is 0 Å². The lowest BCUT2D eigenvalue weighted by Crippen LogP contribution is -2.42. The minimum Gasteiger partial charge on any atom is -0.480 e. The number of nitrogens with one attached hydrogen (secondary N) is 2. The number of aliphatic carboxylic acids is 1. The topological polar surface area (TPSA) is 109 Å². The summed E-state index contributed by atoms with van der Waals surface area (Å²) in [5.74, 6) is -0.309. The van der Waals surface area contributed by atoms with Gasteiger partial charge in [-0.15, -0.1) is 0 Å². The van der Waals surface area contributed by atoms with Gasteiger partial charge in [-0.3, -0.25) is 9.20 Å². The number of carbonyl (C=O) groups is 2. The highest BCUT2D eigenvalue weighted by molar-refractivity contribution is 5.97. The molecule has 0 bridgehead atoms. The van der Waals surface area contributed by atoms with Crippen molar-refractivity contribution in [3.05, 3.63) is 108 Å². The Labute approximate surface area is 213 Å². The number of anilines is 2. The molecule has 3 N–H and O–H groups in total. The molecule has 2 aromatic carbocycles. The molecule has 8 heteroatoms. The number of aryl methyl sites for hydroxylation is 2. The van der Waals surface area contributed by atoms with Gasteiger partial charge in [-0.25, -0.2) is 9.78 Å². The molecule has 5 rings (SSSR count). The van der Waals surface area contributed by atoms with Gasteiger partial charge in [0.15, 0.2) is 5.76 Å². The van der Waals surface area contributed by atoms with Gasteiger partial charge >= 0.3 is 5.97 Å². The number of imidazole rings is 1. The van der Waals surface area contributed by atoms with Crippen LogP contribution in [0.3, 0.4) is 0 Å². The predicted molar refractivity (Wildman–Crippen MR) is 141 cm³/mol. The van der Waals surface area contributed by atoms with Crippen molar-refractivity contribution in [2.24, 2.45) is 0 Å². The molecule has 1 atom stereocenters. The van der Waals surface area contributed by atoms with Crippen LogP contribution in [0, 0.1) is 13.8 Å². The van der Waals surface area contributed by atoms with E-state index in [-0.39, 0.29) is 6.42 Å². The normalized spacial score (nSPS) is 11.8. The Bertz CT molecular complexity index is 1550. The number of pyridine rings is 1. The van der Waals surface area contributed by atoms with Crippen LogP contribution in [0.1, 0.15) is 27.0 Å². The number of furan rings is 1. The highest BCUT2D eigenvalue weighted by Gasteiger charge is 2.23. The number of carboxylic acids is 1. The van der Waals surface area contributed by atoms with Gasteiger partial charge in [0.25, 0.3) is 5.91 Å². The number of aromatic nitrogens is 2. The number of nitrogens with zero attached hydrogens (tertiary/aromatic N) is 2. The molecule has 8 nitrogen and oxygen atoms in total. The number of carboxylic acid groups (broad SMARTS) is 1. The second kappa shape index (κ2) is 10.0. The number of hydrogen-bond donors (Lipinski definition) is 3. The lowest BCUT2D eigenvalue weighted by atomic mass is 10.1. The molecule has 0 saturated carbocycles. The Morgan fingerprint density at radius 3 is 2.43 bits per heavy atom. The Morgan fingerprint density at radius 2 is 1.76 bits per heavy atom. The van der Waals surface area contributed by atoms with Gasteiger partial charge in [0, 0.05) is 23.9 Å². The number of rotatable bonds is 8. The second-order valence-electron chi connectivity index (χ2n) is 8.88. The summed E-state index contributed by atoms with van der Waals surface area (Å²) in [5.41, 5.74) is 5.36. The SMILES string of the molecule is Cc1cccc(C)c1Nc1c(-c2ccco2)nc2cc(C(=O)NC(Cc3ccccc3)C(=O)O)ccn12. The number of amides is 1. The van der Waals surface area contributed by atoms with Gasteiger partial charge in [0.1, 0.15) is 23.2 Å². The van der Waals surface area contributed by atoms with Gasteiger partial charge < -0.3 is 20.2 Å². The molecule has 37 heavy (non-hydrogen) atoms. The predicted octanol–water partition coefficient (Wildman–Crippen LogP) is 5.38. The quantitative estimate of drug-likeness (QED) is 0.267. The summed E-state index contributed by atoms with van der Waals surface area (Å²) in [6.45, 7) is 4.06. The molecule has 0 spiro atoms. The third-order valence-corrected chi connectivity index (χ3v) is 6.25. The largest absolute Gasteiger partial charge is 0.480 e. The zero-order chi connectivity index (χ0) is 25.9. The van der Waals surface area contributed by atoms with Crippen molar-refractivity contribution in [2.45, 2.75) is 26.3 Å². The van der Waals surface area contributed by atoms with Gasteiger partial charge in [-0.05, 0) is 54.8 Å². The van der Waals surface area contributed by atoms with Crippen LogP contribution >= 0.6 is 0 Å². The van der Waals surface area contributed by atoms with Crippen LogP contribution in [-0.4, -0.2) is 32.4 Å². The first kappa shape index (κ1) is 23.9. The fourth-order valence-corrected chi connectivity index (χ4v) is 4.31. The van der Waals surface area contributed by atoms with Crippen LogP contribution in [-0.2, 0) is 11.2 Å². The summed E-state index contributed by atoms with van der Waals surface area (Å²) < 4.78 is 7.49. The van der Waals surface area contributed by atoms with E-state index in [0.29, 0.717) is 28.5 Å². The zero-order valence-corrected chi connectivity index (χ0v) is 20.4. The molecule has 5 aromatic rings. The monoisotopic (exact) mass is 494 g/mol. The van der Waals surface area contributed by atoms with E-state index < -0.39 is 17.9 Å². The molecular formula is C29H26N4O4. The lowest BCUT2D eigenvalue weighted by Gasteiger charge is -2.15. The van der Waals surface area contributed by atoms with Crippen LogP contribution in [0.2, 0.25) is 0 Å². The fraction of sp³-hybridized carbons (Fsp3) is 0.138. The molecule has 0 aliphatic carbocycles. The summed E-state index contributed by atoms with van der Waals surface area (Å²) in [6.07, 6.45) is 3.51. The minimum absolute atomic E-state index is 0.181. The molecule has 186 valence electrons. The Hall–Kier alpha value is -4.85. The van der Waals surface area contributed by atoms with Crippen LogP contribution in [0.25, 0.3) is 17.1 Å². The van der Waals surface area contributed by atoms with E-state index in [1.165, 1.54) is 0 Å². The molecule has 0 radical (unpaired) electrons. The van der Waals surface area contributed by atoms with Crippen LogP contribution < -0.4 is 10.6 Å². The zero-order valence-electron chi connectivity index (χ0n) is 20.4. The number of para-hydroxylation sites is 1. The molecule has 3 heterocycles. The third-order valence-electron chi connectivity index (χ3n) is 6.25. The van der Waals surface area contributed by atoms with Crippen molar-refractivity contribution in [1.82, 2.24) is 14.7 Å². The van der Waals surface area contributed by atoms with E-state index >= 15 is 0 Å². The number of carbonyl (C=O) groups excluding carboxylic acids is 1. The average molecular weight is 495 g/mol. The number of fused-ring (bicyclic) bond motifs is 1. The smallest absolute Gasteiger partial charge is 0.326 e.